The number of aryl methyl sites for hydroxylation is 1. The Kier molecular flexibility index (Phi) is 3.22. The van der Waals surface area contributed by atoms with E-state index < -0.39 is 0 Å². The van der Waals surface area contributed by atoms with E-state index in [2.05, 4.69) is 5.16 Å². The van der Waals surface area contributed by atoms with Gasteiger partial charge in [0.15, 0.2) is 5.76 Å². The molecular weight excluding hydrogens is 206 g/mol. The summed E-state index contributed by atoms with van der Waals surface area (Å²) in [4.78, 5) is 0. The fraction of sp³-hybridized carbons (Fsp3) is 0.250. The lowest BCUT2D eigenvalue weighted by atomic mass is 10.1. The van der Waals surface area contributed by atoms with Gasteiger partial charge in [-0.3, -0.25) is 0 Å². The van der Waals surface area contributed by atoms with Gasteiger partial charge in [-0.2, -0.15) is 0 Å². The molecule has 0 amide bonds. The second kappa shape index (κ2) is 4.81. The molecule has 0 saturated carbocycles. The average Bonchev–Trinajstić information content (AvgIpc) is 2.80. The van der Waals surface area contributed by atoms with Crippen LogP contribution >= 0.6 is 0 Å². The molecule has 0 saturated heterocycles. The molecule has 0 unspecified atom stereocenters. The molecule has 84 valence electrons. The molecule has 2 aromatic rings. The van der Waals surface area contributed by atoms with E-state index in [1.165, 1.54) is 0 Å². The highest BCUT2D eigenvalue weighted by atomic mass is 16.5. The summed E-state index contributed by atoms with van der Waals surface area (Å²) in [7, 11) is 0. The number of hydrogen-bond acceptors (Lipinski definition) is 4. The molecule has 16 heavy (non-hydrogen) atoms. The Morgan fingerprint density at radius 3 is 2.94 bits per heavy atom. The third-order valence-electron chi connectivity index (χ3n) is 2.25. The van der Waals surface area contributed by atoms with Crippen LogP contribution in [0.1, 0.15) is 16.9 Å². The molecule has 0 atom stereocenters. The second-order valence-electron chi connectivity index (χ2n) is 3.54. The van der Waals surface area contributed by atoms with Gasteiger partial charge in [0, 0.05) is 11.6 Å². The Morgan fingerprint density at radius 1 is 1.38 bits per heavy atom. The molecule has 0 radical (unpaired) electrons. The second-order valence-corrected chi connectivity index (χ2v) is 3.54. The first kappa shape index (κ1) is 10.7. The predicted octanol–water partition coefficient (Wildman–Crippen LogP) is 2.05. The lowest BCUT2D eigenvalue weighted by Crippen LogP contribution is -1.98. The number of aromatic nitrogens is 1. The Labute approximate surface area is 93.5 Å². The molecular formula is C12H13NO3. The van der Waals surface area contributed by atoms with Gasteiger partial charge < -0.3 is 14.4 Å². The van der Waals surface area contributed by atoms with Crippen LogP contribution in [0.5, 0.6) is 5.75 Å². The number of aliphatic hydroxyl groups excluding tert-OH is 1. The van der Waals surface area contributed by atoms with Crippen LogP contribution in [0, 0.1) is 6.92 Å². The first-order valence-corrected chi connectivity index (χ1v) is 5.02. The van der Waals surface area contributed by atoms with Gasteiger partial charge in [-0.05, 0) is 13.0 Å². The van der Waals surface area contributed by atoms with E-state index in [0.29, 0.717) is 18.1 Å². The van der Waals surface area contributed by atoms with Crippen LogP contribution in [0.25, 0.3) is 0 Å². The molecule has 0 bridgehead atoms. The zero-order chi connectivity index (χ0) is 11.4. The van der Waals surface area contributed by atoms with E-state index in [9.17, 15) is 5.11 Å². The molecule has 2 rings (SSSR count). The largest absolute Gasteiger partial charge is 0.485 e. The van der Waals surface area contributed by atoms with Crippen LogP contribution in [-0.4, -0.2) is 10.3 Å². The van der Waals surface area contributed by atoms with Gasteiger partial charge >= 0.3 is 0 Å². The number of rotatable bonds is 4. The normalized spacial score (nSPS) is 10.4. The summed E-state index contributed by atoms with van der Waals surface area (Å²) in [5, 5.41) is 12.8. The molecule has 0 aliphatic heterocycles. The highest BCUT2D eigenvalue weighted by molar-refractivity contribution is 5.36. The van der Waals surface area contributed by atoms with Crippen molar-refractivity contribution in [2.75, 3.05) is 0 Å². The first-order valence-electron chi connectivity index (χ1n) is 5.02. The van der Waals surface area contributed by atoms with E-state index >= 15 is 0 Å². The van der Waals surface area contributed by atoms with Crippen molar-refractivity contribution in [3.05, 3.63) is 47.3 Å². The number of benzene rings is 1. The lowest BCUT2D eigenvalue weighted by Gasteiger charge is -2.09. The van der Waals surface area contributed by atoms with E-state index in [1.54, 1.807) is 12.3 Å². The van der Waals surface area contributed by atoms with Gasteiger partial charge in [0.1, 0.15) is 12.4 Å². The number of ether oxygens (including phenoxy) is 1. The third-order valence-corrected chi connectivity index (χ3v) is 2.25. The van der Waals surface area contributed by atoms with Gasteiger partial charge in [0.2, 0.25) is 0 Å². The minimum absolute atomic E-state index is 0.0343. The maximum atomic E-state index is 9.18. The van der Waals surface area contributed by atoms with Crippen molar-refractivity contribution in [2.45, 2.75) is 20.1 Å². The Balaban J connectivity index is 2.09. The summed E-state index contributed by atoms with van der Waals surface area (Å²) in [5.41, 5.74) is 1.87. The van der Waals surface area contributed by atoms with E-state index in [4.69, 9.17) is 9.26 Å². The predicted molar refractivity (Wildman–Crippen MR) is 57.9 cm³/mol. The van der Waals surface area contributed by atoms with Gasteiger partial charge in [-0.25, -0.2) is 0 Å². The molecule has 4 nitrogen and oxygen atoms in total. The molecule has 0 aliphatic rings. The first-order chi connectivity index (χ1) is 7.79. The number of hydrogen-bond donors (Lipinski definition) is 1. The molecule has 1 aromatic carbocycles. The van der Waals surface area contributed by atoms with Crippen LogP contribution in [0.15, 0.2) is 35.0 Å². The minimum Gasteiger partial charge on any atom is -0.485 e. The van der Waals surface area contributed by atoms with Crippen molar-refractivity contribution >= 4 is 0 Å². The summed E-state index contributed by atoms with van der Waals surface area (Å²) >= 11 is 0. The molecule has 1 heterocycles. The Hall–Kier alpha value is -1.81. The summed E-state index contributed by atoms with van der Waals surface area (Å²) in [6.07, 6.45) is 1.57. The molecule has 0 spiro atoms. The summed E-state index contributed by atoms with van der Waals surface area (Å²) < 4.78 is 10.4. The van der Waals surface area contributed by atoms with Crippen LogP contribution in [-0.2, 0) is 13.2 Å². The van der Waals surface area contributed by atoms with Gasteiger partial charge in [0.05, 0.1) is 12.8 Å². The summed E-state index contributed by atoms with van der Waals surface area (Å²) in [6, 6.07) is 7.43. The zero-order valence-electron chi connectivity index (χ0n) is 9.01. The van der Waals surface area contributed by atoms with Crippen LogP contribution in [0.2, 0.25) is 0 Å². The quantitative estimate of drug-likeness (QED) is 0.855. The van der Waals surface area contributed by atoms with Crippen molar-refractivity contribution in [3.63, 3.8) is 0 Å². The third kappa shape index (κ3) is 2.41. The van der Waals surface area contributed by atoms with Crippen LogP contribution in [0.3, 0.4) is 0 Å². The average molecular weight is 219 g/mol. The molecule has 0 aliphatic carbocycles. The fourth-order valence-corrected chi connectivity index (χ4v) is 1.44. The summed E-state index contributed by atoms with van der Waals surface area (Å²) in [5.74, 6) is 1.33. The smallest absolute Gasteiger partial charge is 0.174 e. The molecule has 0 fully saturated rings. The monoisotopic (exact) mass is 219 g/mol. The van der Waals surface area contributed by atoms with Crippen molar-refractivity contribution in [3.8, 4) is 5.75 Å². The van der Waals surface area contributed by atoms with Crippen molar-refractivity contribution < 1.29 is 14.4 Å². The molecule has 1 N–H and O–H groups in total. The molecule has 1 aromatic heterocycles. The van der Waals surface area contributed by atoms with Crippen molar-refractivity contribution in [1.82, 2.24) is 5.16 Å². The number of aliphatic hydroxyl groups is 1. The topological polar surface area (TPSA) is 55.5 Å². The maximum Gasteiger partial charge on any atom is 0.174 e. The Bertz CT molecular complexity index is 451. The van der Waals surface area contributed by atoms with E-state index in [-0.39, 0.29) is 6.61 Å². The van der Waals surface area contributed by atoms with Gasteiger partial charge in [0.25, 0.3) is 0 Å². The highest BCUT2D eigenvalue weighted by Gasteiger charge is 2.04. The van der Waals surface area contributed by atoms with Crippen molar-refractivity contribution in [2.24, 2.45) is 0 Å². The lowest BCUT2D eigenvalue weighted by molar-refractivity contribution is 0.233. The fourth-order valence-electron chi connectivity index (χ4n) is 1.44. The van der Waals surface area contributed by atoms with Crippen LogP contribution < -0.4 is 4.74 Å². The summed E-state index contributed by atoms with van der Waals surface area (Å²) in [6.45, 7) is 2.25. The van der Waals surface area contributed by atoms with Crippen LogP contribution in [0.4, 0.5) is 0 Å². The number of nitrogens with zero attached hydrogens (tertiary/aromatic N) is 1. The maximum absolute atomic E-state index is 9.18. The highest BCUT2D eigenvalue weighted by Crippen LogP contribution is 2.21. The van der Waals surface area contributed by atoms with Crippen molar-refractivity contribution in [1.29, 1.82) is 0 Å². The zero-order valence-corrected chi connectivity index (χ0v) is 9.01. The SMILES string of the molecule is Cc1ccc(OCc2ccno2)c(CO)c1. The molecule has 4 heteroatoms. The standard InChI is InChI=1S/C12H13NO3/c1-9-2-3-12(10(6-9)7-14)15-8-11-4-5-13-16-11/h2-6,14H,7-8H2,1H3. The van der Waals surface area contributed by atoms with Gasteiger partial charge in [-0.1, -0.05) is 22.9 Å². The van der Waals surface area contributed by atoms with E-state index in [1.807, 2.05) is 25.1 Å². The van der Waals surface area contributed by atoms with Gasteiger partial charge in [-0.15, -0.1) is 0 Å². The van der Waals surface area contributed by atoms with E-state index in [0.717, 1.165) is 11.1 Å². The Morgan fingerprint density at radius 2 is 2.25 bits per heavy atom. The minimum atomic E-state index is -0.0343.